The average molecular weight is 359 g/mol. The summed E-state index contributed by atoms with van der Waals surface area (Å²) >= 11 is 0. The smallest absolute Gasteiger partial charge is 0.267 e. The molecular formula is C19H22FN3O3. The topological polar surface area (TPSA) is 94.3 Å². The Hall–Kier alpha value is -2.80. The van der Waals surface area contributed by atoms with Crippen LogP contribution in [0, 0.1) is 12.7 Å². The average Bonchev–Trinajstić information content (AvgIpc) is 3.02. The number of carbonyl (C=O) groups excluding carboxylic acids is 2. The van der Waals surface area contributed by atoms with Crippen molar-refractivity contribution in [3.05, 3.63) is 59.7 Å². The van der Waals surface area contributed by atoms with Crippen LogP contribution in [-0.4, -0.2) is 29.0 Å². The van der Waals surface area contributed by atoms with E-state index in [9.17, 15) is 14.0 Å². The van der Waals surface area contributed by atoms with Gasteiger partial charge in [0.05, 0.1) is 6.10 Å². The van der Waals surface area contributed by atoms with Crippen molar-refractivity contribution in [1.29, 1.82) is 0 Å². The van der Waals surface area contributed by atoms with Gasteiger partial charge in [0.1, 0.15) is 17.6 Å². The largest absolute Gasteiger partial charge is 0.365 e. The van der Waals surface area contributed by atoms with Crippen LogP contribution in [0.3, 0.4) is 0 Å². The number of benzene rings is 1. The molecule has 2 atom stereocenters. The van der Waals surface area contributed by atoms with Crippen LogP contribution in [0.15, 0.2) is 42.6 Å². The zero-order valence-corrected chi connectivity index (χ0v) is 14.7. The Morgan fingerprint density at radius 1 is 1.27 bits per heavy atom. The van der Waals surface area contributed by atoms with Crippen LogP contribution in [0.5, 0.6) is 0 Å². The van der Waals surface area contributed by atoms with E-state index in [1.165, 1.54) is 24.4 Å². The molecular weight excluding hydrogens is 337 g/mol. The van der Waals surface area contributed by atoms with Crippen molar-refractivity contribution in [1.82, 2.24) is 4.98 Å². The molecule has 1 aliphatic rings. The first-order valence-corrected chi connectivity index (χ1v) is 8.29. The maximum absolute atomic E-state index is 12.2. The Balaban J connectivity index is 0.000000254. The third kappa shape index (κ3) is 5.93. The van der Waals surface area contributed by atoms with Crippen LogP contribution in [0.25, 0.3) is 0 Å². The highest BCUT2D eigenvalue weighted by Crippen LogP contribution is 2.20. The number of pyridine rings is 1. The van der Waals surface area contributed by atoms with Gasteiger partial charge in [-0.05, 0) is 56.5 Å². The first-order chi connectivity index (χ1) is 12.3. The quantitative estimate of drug-likeness (QED) is 0.881. The van der Waals surface area contributed by atoms with E-state index < -0.39 is 12.0 Å². The van der Waals surface area contributed by atoms with Crippen molar-refractivity contribution in [2.45, 2.75) is 38.9 Å². The first kappa shape index (κ1) is 19.5. The van der Waals surface area contributed by atoms with E-state index in [0.29, 0.717) is 12.1 Å². The third-order valence-electron chi connectivity index (χ3n) is 3.78. The van der Waals surface area contributed by atoms with Crippen molar-refractivity contribution < 1.29 is 18.7 Å². The Morgan fingerprint density at radius 3 is 2.58 bits per heavy atom. The van der Waals surface area contributed by atoms with Crippen molar-refractivity contribution in [2.75, 3.05) is 5.32 Å². The molecule has 0 saturated carbocycles. The number of ether oxygens (including phenoxy) is 1. The van der Waals surface area contributed by atoms with Crippen LogP contribution in [0.4, 0.5) is 10.1 Å². The first-order valence-electron chi connectivity index (χ1n) is 8.29. The number of primary amides is 1. The van der Waals surface area contributed by atoms with Crippen LogP contribution >= 0.6 is 0 Å². The van der Waals surface area contributed by atoms with E-state index in [-0.39, 0.29) is 23.5 Å². The van der Waals surface area contributed by atoms with Gasteiger partial charge in [-0.3, -0.25) is 14.6 Å². The molecule has 1 aromatic heterocycles. The molecule has 26 heavy (non-hydrogen) atoms. The molecule has 0 aliphatic carbocycles. The summed E-state index contributed by atoms with van der Waals surface area (Å²) < 4.78 is 17.6. The molecule has 1 fully saturated rings. The summed E-state index contributed by atoms with van der Waals surface area (Å²) in [6.07, 6.45) is 2.69. The molecule has 3 rings (SSSR count). The number of aryl methyl sites for hydroxylation is 1. The molecule has 2 aromatic rings. The Kier molecular flexibility index (Phi) is 6.80. The Morgan fingerprint density at radius 2 is 2.04 bits per heavy atom. The number of nitrogens with one attached hydrogen (secondary N) is 1. The zero-order chi connectivity index (χ0) is 19.1. The molecule has 1 aromatic carbocycles. The van der Waals surface area contributed by atoms with E-state index >= 15 is 0 Å². The summed E-state index contributed by atoms with van der Waals surface area (Å²) in [4.78, 5) is 26.6. The van der Waals surface area contributed by atoms with Gasteiger partial charge in [-0.15, -0.1) is 0 Å². The standard InChI is InChI=1S/C12H15N3O3.C7H7F/c1-7-2-3-10(18-7)12(17)15-8-4-5-14-9(6-8)11(13)16;1-6-3-2-4-7(8)5-6/h4-7,10H,2-3H2,1H3,(H2,13,16)(H,14,15,17);2-5H,1H3. The molecule has 2 unspecified atom stereocenters. The lowest BCUT2D eigenvalue weighted by Gasteiger charge is -2.11. The van der Waals surface area contributed by atoms with E-state index in [1.54, 1.807) is 12.1 Å². The van der Waals surface area contributed by atoms with E-state index in [2.05, 4.69) is 10.3 Å². The van der Waals surface area contributed by atoms with Crippen molar-refractivity contribution in [3.63, 3.8) is 0 Å². The van der Waals surface area contributed by atoms with Crippen molar-refractivity contribution in [2.24, 2.45) is 5.73 Å². The van der Waals surface area contributed by atoms with Gasteiger partial charge in [0, 0.05) is 11.9 Å². The summed E-state index contributed by atoms with van der Waals surface area (Å²) in [6, 6.07) is 9.54. The van der Waals surface area contributed by atoms with Crippen LogP contribution in [0.2, 0.25) is 0 Å². The number of hydrogen-bond donors (Lipinski definition) is 2. The zero-order valence-electron chi connectivity index (χ0n) is 14.7. The van der Waals surface area contributed by atoms with Crippen LogP contribution in [0.1, 0.15) is 35.8 Å². The monoisotopic (exact) mass is 359 g/mol. The number of carbonyl (C=O) groups is 2. The molecule has 0 bridgehead atoms. The van der Waals surface area contributed by atoms with Crippen LogP contribution in [-0.2, 0) is 9.53 Å². The summed E-state index contributed by atoms with van der Waals surface area (Å²) in [5.41, 5.74) is 6.69. The number of rotatable bonds is 3. The molecule has 0 spiro atoms. The minimum atomic E-state index is -0.628. The lowest BCUT2D eigenvalue weighted by Crippen LogP contribution is -2.28. The minimum Gasteiger partial charge on any atom is -0.365 e. The number of nitrogens with two attached hydrogens (primary N) is 1. The minimum absolute atomic E-state index is 0.111. The number of aromatic nitrogens is 1. The Bertz CT molecular complexity index is 765. The predicted molar refractivity (Wildman–Crippen MR) is 96.1 cm³/mol. The number of anilines is 1. The SMILES string of the molecule is CC1CCC(C(=O)Nc2ccnc(C(N)=O)c2)O1.Cc1cccc(F)c1. The number of hydrogen-bond acceptors (Lipinski definition) is 4. The van der Waals surface area contributed by atoms with Gasteiger partial charge in [-0.1, -0.05) is 12.1 Å². The van der Waals surface area contributed by atoms with Gasteiger partial charge in [-0.25, -0.2) is 4.39 Å². The normalized spacial score (nSPS) is 18.6. The fourth-order valence-electron chi connectivity index (χ4n) is 2.47. The van der Waals surface area contributed by atoms with E-state index in [1.807, 2.05) is 19.9 Å². The Labute approximate surface area is 151 Å². The van der Waals surface area contributed by atoms with Gasteiger partial charge in [0.15, 0.2) is 0 Å². The van der Waals surface area contributed by atoms with Gasteiger partial charge in [0.2, 0.25) is 0 Å². The third-order valence-corrected chi connectivity index (χ3v) is 3.78. The second kappa shape index (κ2) is 9.05. The number of halogens is 1. The van der Waals surface area contributed by atoms with Gasteiger partial charge in [0.25, 0.3) is 11.8 Å². The van der Waals surface area contributed by atoms with Crippen molar-refractivity contribution in [3.8, 4) is 0 Å². The molecule has 2 heterocycles. The molecule has 1 aliphatic heterocycles. The second-order valence-corrected chi connectivity index (χ2v) is 6.09. The molecule has 1 saturated heterocycles. The van der Waals surface area contributed by atoms with Gasteiger partial charge in [-0.2, -0.15) is 0 Å². The number of nitrogens with zero attached hydrogens (tertiary/aromatic N) is 1. The predicted octanol–water partition coefficient (Wildman–Crippen LogP) is 2.82. The highest BCUT2D eigenvalue weighted by Gasteiger charge is 2.28. The lowest BCUT2D eigenvalue weighted by atomic mass is 10.2. The van der Waals surface area contributed by atoms with E-state index in [0.717, 1.165) is 12.0 Å². The summed E-state index contributed by atoms with van der Waals surface area (Å²) in [7, 11) is 0. The molecule has 0 radical (unpaired) electrons. The van der Waals surface area contributed by atoms with Gasteiger partial charge < -0.3 is 15.8 Å². The maximum atomic E-state index is 12.2. The van der Waals surface area contributed by atoms with Crippen molar-refractivity contribution >= 4 is 17.5 Å². The summed E-state index contributed by atoms with van der Waals surface area (Å²) in [6.45, 7) is 3.80. The molecule has 2 amide bonds. The number of amides is 2. The molecule has 3 N–H and O–H groups in total. The second-order valence-electron chi connectivity index (χ2n) is 6.09. The summed E-state index contributed by atoms with van der Waals surface area (Å²) in [5, 5.41) is 2.69. The maximum Gasteiger partial charge on any atom is 0.267 e. The molecule has 7 heteroatoms. The fraction of sp³-hybridized carbons (Fsp3) is 0.316. The van der Waals surface area contributed by atoms with Gasteiger partial charge >= 0.3 is 0 Å². The fourth-order valence-corrected chi connectivity index (χ4v) is 2.47. The summed E-state index contributed by atoms with van der Waals surface area (Å²) in [5.74, 6) is -0.997. The lowest BCUT2D eigenvalue weighted by molar-refractivity contribution is -0.126. The van der Waals surface area contributed by atoms with Crippen LogP contribution < -0.4 is 11.1 Å². The highest BCUT2D eigenvalue weighted by molar-refractivity contribution is 5.96. The molecule has 138 valence electrons. The highest BCUT2D eigenvalue weighted by atomic mass is 19.1. The van der Waals surface area contributed by atoms with E-state index in [4.69, 9.17) is 10.5 Å². The molecule has 6 nitrogen and oxygen atoms in total.